The lowest BCUT2D eigenvalue weighted by molar-refractivity contribution is 0.219. The fraction of sp³-hybridized carbons (Fsp3) is 0.133. The van der Waals surface area contributed by atoms with E-state index in [4.69, 9.17) is 21.6 Å². The summed E-state index contributed by atoms with van der Waals surface area (Å²) in [4.78, 5) is 4.18. The highest BCUT2D eigenvalue weighted by Crippen LogP contribution is 2.23. The van der Waals surface area contributed by atoms with Crippen LogP contribution in [-0.4, -0.2) is 14.6 Å². The second-order valence-electron chi connectivity index (χ2n) is 4.49. The number of rotatable bonds is 3. The van der Waals surface area contributed by atoms with Gasteiger partial charge in [-0.1, -0.05) is 11.6 Å². The Bertz CT molecular complexity index is 820. The van der Waals surface area contributed by atoms with Crippen molar-refractivity contribution >= 4 is 17.2 Å². The molecule has 6 heteroatoms. The van der Waals surface area contributed by atoms with Crippen LogP contribution in [0.15, 0.2) is 42.7 Å². The Morgan fingerprint density at radius 3 is 2.76 bits per heavy atom. The Morgan fingerprint density at radius 1 is 1.29 bits per heavy atom. The quantitative estimate of drug-likeness (QED) is 0.743. The summed E-state index contributed by atoms with van der Waals surface area (Å²) in [5.41, 5.74) is 1.79. The fourth-order valence-corrected chi connectivity index (χ4v) is 2.20. The van der Waals surface area contributed by atoms with Gasteiger partial charge >= 0.3 is 0 Å². The highest BCUT2D eigenvalue weighted by molar-refractivity contribution is 6.30. The number of aromatic nitrogens is 3. The number of hydrogen-bond donors (Lipinski definition) is 0. The molecule has 104 valence electrons. The number of fused-ring (bicyclic) bond motifs is 1. The van der Waals surface area contributed by atoms with Gasteiger partial charge in [-0.2, -0.15) is 10.4 Å². The van der Waals surface area contributed by atoms with E-state index in [0.29, 0.717) is 22.0 Å². The predicted octanol–water partition coefficient (Wildman–Crippen LogP) is 3.39. The summed E-state index contributed by atoms with van der Waals surface area (Å²) >= 11 is 5.85. The van der Waals surface area contributed by atoms with Crippen molar-refractivity contribution in [1.29, 1.82) is 5.26 Å². The number of ether oxygens (including phenoxy) is 1. The molecule has 0 fully saturated rings. The summed E-state index contributed by atoms with van der Waals surface area (Å²) in [7, 11) is 0. The van der Waals surface area contributed by atoms with E-state index in [1.807, 2.05) is 13.0 Å². The second kappa shape index (κ2) is 5.43. The molecular weight excluding hydrogens is 288 g/mol. The van der Waals surface area contributed by atoms with Gasteiger partial charge in [0.25, 0.3) is 0 Å². The molecule has 0 radical (unpaired) electrons. The van der Waals surface area contributed by atoms with Gasteiger partial charge in [0.05, 0.1) is 11.9 Å². The number of benzene rings is 1. The largest absolute Gasteiger partial charge is 0.484 e. The minimum atomic E-state index is -0.247. The summed E-state index contributed by atoms with van der Waals surface area (Å²) in [5.74, 6) is 0.713. The van der Waals surface area contributed by atoms with Crippen LogP contribution in [0.5, 0.6) is 5.75 Å². The van der Waals surface area contributed by atoms with Gasteiger partial charge in [-0.3, -0.25) is 0 Å². The van der Waals surface area contributed by atoms with Crippen LogP contribution in [0.4, 0.5) is 0 Å². The zero-order valence-electron chi connectivity index (χ0n) is 11.2. The highest BCUT2D eigenvalue weighted by Gasteiger charge is 2.14. The lowest BCUT2D eigenvalue weighted by Gasteiger charge is -2.15. The molecule has 0 aliphatic rings. The molecule has 0 aliphatic heterocycles. The first-order valence-electron chi connectivity index (χ1n) is 6.34. The third-order valence-electron chi connectivity index (χ3n) is 3.09. The van der Waals surface area contributed by atoms with Gasteiger partial charge in [0.1, 0.15) is 23.5 Å². The van der Waals surface area contributed by atoms with Crippen LogP contribution in [0.1, 0.15) is 24.3 Å². The predicted molar refractivity (Wildman–Crippen MR) is 78.2 cm³/mol. The molecule has 2 aromatic heterocycles. The Morgan fingerprint density at radius 2 is 2.05 bits per heavy atom. The molecule has 1 aromatic carbocycles. The molecule has 0 N–H and O–H groups in total. The molecule has 0 amide bonds. The molecule has 0 saturated heterocycles. The van der Waals surface area contributed by atoms with Crippen LogP contribution < -0.4 is 4.74 Å². The van der Waals surface area contributed by atoms with Crippen molar-refractivity contribution in [2.45, 2.75) is 13.0 Å². The molecule has 0 aliphatic carbocycles. The van der Waals surface area contributed by atoms with Crippen molar-refractivity contribution in [1.82, 2.24) is 14.6 Å². The van der Waals surface area contributed by atoms with E-state index in [0.717, 1.165) is 5.69 Å². The molecule has 21 heavy (non-hydrogen) atoms. The zero-order valence-corrected chi connectivity index (χ0v) is 11.9. The maximum Gasteiger partial charge on any atom is 0.173 e. The van der Waals surface area contributed by atoms with E-state index >= 15 is 0 Å². The van der Waals surface area contributed by atoms with Gasteiger partial charge in [-0.15, -0.1) is 0 Å². The summed E-state index contributed by atoms with van der Waals surface area (Å²) in [6.45, 7) is 1.91. The first-order chi connectivity index (χ1) is 10.2. The minimum absolute atomic E-state index is 0.247. The van der Waals surface area contributed by atoms with E-state index in [-0.39, 0.29) is 6.10 Å². The monoisotopic (exact) mass is 298 g/mol. The van der Waals surface area contributed by atoms with Crippen LogP contribution in [0.25, 0.3) is 5.65 Å². The first-order valence-corrected chi connectivity index (χ1v) is 6.72. The van der Waals surface area contributed by atoms with Gasteiger partial charge < -0.3 is 4.74 Å². The van der Waals surface area contributed by atoms with Gasteiger partial charge in [0, 0.05) is 11.2 Å². The standard InChI is InChI=1S/C15H11ClN4O/c1-10(21-13-4-2-12(16)3-5-13)14-6-7-18-15-11(8-17)9-19-20(14)15/h2-7,9-10H,1H3/t10-/m0/s1. The third kappa shape index (κ3) is 2.54. The Labute approximate surface area is 126 Å². The van der Waals surface area contributed by atoms with Crippen molar-refractivity contribution in [3.63, 3.8) is 0 Å². The van der Waals surface area contributed by atoms with E-state index in [1.165, 1.54) is 6.20 Å². The van der Waals surface area contributed by atoms with Crippen molar-refractivity contribution in [2.24, 2.45) is 0 Å². The molecule has 3 rings (SSSR count). The number of hydrogen-bond acceptors (Lipinski definition) is 4. The van der Waals surface area contributed by atoms with E-state index in [2.05, 4.69) is 16.2 Å². The van der Waals surface area contributed by atoms with Crippen LogP contribution in [-0.2, 0) is 0 Å². The lowest BCUT2D eigenvalue weighted by Crippen LogP contribution is -2.09. The Kier molecular flexibility index (Phi) is 3.46. The SMILES string of the molecule is C[C@H](Oc1ccc(Cl)cc1)c1ccnc2c(C#N)cnn12. The zero-order chi connectivity index (χ0) is 14.8. The van der Waals surface area contributed by atoms with Gasteiger partial charge in [-0.25, -0.2) is 9.50 Å². The van der Waals surface area contributed by atoms with E-state index in [9.17, 15) is 0 Å². The van der Waals surface area contributed by atoms with Crippen molar-refractivity contribution < 1.29 is 4.74 Å². The van der Waals surface area contributed by atoms with Crippen molar-refractivity contribution in [3.05, 3.63) is 59.0 Å². The molecule has 0 unspecified atom stereocenters. The van der Waals surface area contributed by atoms with Gasteiger partial charge in [0.15, 0.2) is 5.65 Å². The van der Waals surface area contributed by atoms with E-state index < -0.39 is 0 Å². The molecule has 2 heterocycles. The minimum Gasteiger partial charge on any atom is -0.484 e. The summed E-state index contributed by atoms with van der Waals surface area (Å²) in [6, 6.07) is 11.0. The fourth-order valence-electron chi connectivity index (χ4n) is 2.07. The Hall–Kier alpha value is -2.58. The van der Waals surface area contributed by atoms with Gasteiger partial charge in [-0.05, 0) is 37.3 Å². The van der Waals surface area contributed by atoms with Crippen molar-refractivity contribution in [2.75, 3.05) is 0 Å². The average molecular weight is 299 g/mol. The lowest BCUT2D eigenvalue weighted by atomic mass is 10.2. The molecule has 0 bridgehead atoms. The van der Waals surface area contributed by atoms with E-state index in [1.54, 1.807) is 35.0 Å². The number of halogens is 1. The summed E-state index contributed by atoms with van der Waals surface area (Å²) in [6.07, 6.45) is 2.90. The Balaban J connectivity index is 1.94. The van der Waals surface area contributed by atoms with Crippen LogP contribution in [0.3, 0.4) is 0 Å². The molecule has 5 nitrogen and oxygen atoms in total. The van der Waals surface area contributed by atoms with Gasteiger partial charge in [0.2, 0.25) is 0 Å². The molecule has 1 atom stereocenters. The van der Waals surface area contributed by atoms with Crippen LogP contribution in [0.2, 0.25) is 5.02 Å². The second-order valence-corrected chi connectivity index (χ2v) is 4.93. The topological polar surface area (TPSA) is 63.2 Å². The van der Waals surface area contributed by atoms with Crippen LogP contribution >= 0.6 is 11.6 Å². The molecule has 3 aromatic rings. The number of nitrogens with zero attached hydrogens (tertiary/aromatic N) is 4. The molecular formula is C15H11ClN4O. The molecule has 0 saturated carbocycles. The smallest absolute Gasteiger partial charge is 0.173 e. The number of nitriles is 1. The third-order valence-corrected chi connectivity index (χ3v) is 3.35. The van der Waals surface area contributed by atoms with Crippen LogP contribution in [0, 0.1) is 11.3 Å². The maximum absolute atomic E-state index is 9.03. The highest BCUT2D eigenvalue weighted by atomic mass is 35.5. The molecule has 0 spiro atoms. The van der Waals surface area contributed by atoms with Crippen molar-refractivity contribution in [3.8, 4) is 11.8 Å². The first kappa shape index (κ1) is 13.4. The summed E-state index contributed by atoms with van der Waals surface area (Å²) in [5, 5.41) is 13.9. The maximum atomic E-state index is 9.03. The summed E-state index contributed by atoms with van der Waals surface area (Å²) < 4.78 is 7.50. The average Bonchev–Trinajstić information content (AvgIpc) is 2.92. The normalized spacial score (nSPS) is 12.0.